The van der Waals surface area contributed by atoms with Gasteiger partial charge < -0.3 is 14.5 Å². The fourth-order valence-electron chi connectivity index (χ4n) is 3.16. The standard InChI is InChI=1S/C17H23N3O5S/c1-2-26(23,24)19-11-9-18(10-12-19)16(21)7-8-20-14-5-3-4-6-15(14)25-13-17(20)22/h3-6H,2,7-13H2,1H3. The molecule has 26 heavy (non-hydrogen) atoms. The smallest absolute Gasteiger partial charge is 0.265 e. The summed E-state index contributed by atoms with van der Waals surface area (Å²) in [5.41, 5.74) is 0.676. The second kappa shape index (κ2) is 7.63. The Kier molecular flexibility index (Phi) is 5.47. The Balaban J connectivity index is 1.56. The van der Waals surface area contributed by atoms with Crippen LogP contribution in [0.4, 0.5) is 5.69 Å². The van der Waals surface area contributed by atoms with Crippen LogP contribution >= 0.6 is 0 Å². The average Bonchev–Trinajstić information content (AvgIpc) is 2.67. The minimum atomic E-state index is -3.21. The molecule has 0 N–H and O–H groups in total. The molecular weight excluding hydrogens is 358 g/mol. The summed E-state index contributed by atoms with van der Waals surface area (Å²) in [5, 5.41) is 0. The van der Waals surface area contributed by atoms with Gasteiger partial charge in [0.25, 0.3) is 5.91 Å². The molecule has 0 bridgehead atoms. The van der Waals surface area contributed by atoms with Crippen LogP contribution in [0.15, 0.2) is 24.3 Å². The summed E-state index contributed by atoms with van der Waals surface area (Å²) in [7, 11) is -3.21. The number of anilines is 1. The molecule has 0 aromatic heterocycles. The van der Waals surface area contributed by atoms with E-state index in [1.54, 1.807) is 28.9 Å². The van der Waals surface area contributed by atoms with Crippen molar-refractivity contribution in [3.05, 3.63) is 24.3 Å². The first-order chi connectivity index (χ1) is 12.4. The van der Waals surface area contributed by atoms with Crippen molar-refractivity contribution in [3.8, 4) is 5.75 Å². The number of hydrogen-bond acceptors (Lipinski definition) is 5. The van der Waals surface area contributed by atoms with Crippen molar-refractivity contribution < 1.29 is 22.7 Å². The van der Waals surface area contributed by atoms with Crippen LogP contribution < -0.4 is 9.64 Å². The number of amides is 2. The van der Waals surface area contributed by atoms with Gasteiger partial charge in [-0.05, 0) is 19.1 Å². The number of piperazine rings is 1. The number of sulfonamides is 1. The lowest BCUT2D eigenvalue weighted by Gasteiger charge is -2.34. The molecule has 1 fully saturated rings. The molecule has 1 saturated heterocycles. The van der Waals surface area contributed by atoms with Crippen molar-refractivity contribution >= 4 is 27.5 Å². The summed E-state index contributed by atoms with van der Waals surface area (Å²) >= 11 is 0. The number of fused-ring (bicyclic) bond motifs is 1. The van der Waals surface area contributed by atoms with E-state index >= 15 is 0 Å². The number of benzene rings is 1. The maximum Gasteiger partial charge on any atom is 0.265 e. The summed E-state index contributed by atoms with van der Waals surface area (Å²) in [6, 6.07) is 7.25. The SMILES string of the molecule is CCS(=O)(=O)N1CCN(C(=O)CCN2C(=O)COc3ccccc32)CC1. The summed E-state index contributed by atoms with van der Waals surface area (Å²) in [6.45, 7) is 3.27. The van der Waals surface area contributed by atoms with Crippen LogP contribution in [0, 0.1) is 0 Å². The monoisotopic (exact) mass is 381 g/mol. The normalized spacial score (nSPS) is 18.4. The van der Waals surface area contributed by atoms with E-state index in [0.717, 1.165) is 0 Å². The Morgan fingerprint density at radius 1 is 1.15 bits per heavy atom. The zero-order valence-electron chi connectivity index (χ0n) is 14.8. The van der Waals surface area contributed by atoms with Gasteiger partial charge >= 0.3 is 0 Å². The van der Waals surface area contributed by atoms with Gasteiger partial charge in [0, 0.05) is 39.1 Å². The average molecular weight is 381 g/mol. The van der Waals surface area contributed by atoms with Gasteiger partial charge in [-0.2, -0.15) is 4.31 Å². The lowest BCUT2D eigenvalue weighted by molar-refractivity contribution is -0.132. The number of ether oxygens (including phenoxy) is 1. The highest BCUT2D eigenvalue weighted by molar-refractivity contribution is 7.89. The van der Waals surface area contributed by atoms with Crippen molar-refractivity contribution in [2.75, 3.05) is 50.0 Å². The van der Waals surface area contributed by atoms with Crippen molar-refractivity contribution in [2.24, 2.45) is 0 Å². The molecule has 9 heteroatoms. The quantitative estimate of drug-likeness (QED) is 0.732. The van der Waals surface area contributed by atoms with Crippen molar-refractivity contribution in [1.29, 1.82) is 0 Å². The fourth-order valence-corrected chi connectivity index (χ4v) is 4.25. The summed E-state index contributed by atoms with van der Waals surface area (Å²) in [6.07, 6.45) is 0.195. The maximum atomic E-state index is 12.5. The Morgan fingerprint density at radius 3 is 2.54 bits per heavy atom. The molecular formula is C17H23N3O5S. The number of para-hydroxylation sites is 2. The molecule has 3 rings (SSSR count). The number of carbonyl (C=O) groups is 2. The van der Waals surface area contributed by atoms with E-state index in [1.807, 2.05) is 12.1 Å². The largest absolute Gasteiger partial charge is 0.482 e. The maximum absolute atomic E-state index is 12.5. The number of rotatable bonds is 5. The van der Waals surface area contributed by atoms with Gasteiger partial charge in [-0.15, -0.1) is 0 Å². The van der Waals surface area contributed by atoms with Crippen LogP contribution in [0.3, 0.4) is 0 Å². The van der Waals surface area contributed by atoms with Crippen LogP contribution in [-0.2, 0) is 19.6 Å². The predicted molar refractivity (Wildman–Crippen MR) is 96.5 cm³/mol. The van der Waals surface area contributed by atoms with Gasteiger partial charge in [-0.25, -0.2) is 8.42 Å². The van der Waals surface area contributed by atoms with Gasteiger partial charge in [-0.3, -0.25) is 9.59 Å². The van der Waals surface area contributed by atoms with E-state index in [-0.39, 0.29) is 37.1 Å². The van der Waals surface area contributed by atoms with Gasteiger partial charge in [0.05, 0.1) is 11.4 Å². The lowest BCUT2D eigenvalue weighted by Crippen LogP contribution is -2.51. The molecule has 8 nitrogen and oxygen atoms in total. The summed E-state index contributed by atoms with van der Waals surface area (Å²) in [4.78, 5) is 27.9. The van der Waals surface area contributed by atoms with E-state index in [1.165, 1.54) is 4.31 Å². The third-order valence-corrected chi connectivity index (χ3v) is 6.59. The highest BCUT2D eigenvalue weighted by atomic mass is 32.2. The van der Waals surface area contributed by atoms with Crippen LogP contribution in [0.5, 0.6) is 5.75 Å². The van der Waals surface area contributed by atoms with E-state index < -0.39 is 10.0 Å². The number of nitrogens with zero attached hydrogens (tertiary/aromatic N) is 3. The Morgan fingerprint density at radius 2 is 1.85 bits per heavy atom. The molecule has 0 saturated carbocycles. The molecule has 0 aliphatic carbocycles. The van der Waals surface area contributed by atoms with Crippen molar-refractivity contribution in [1.82, 2.24) is 9.21 Å². The second-order valence-electron chi connectivity index (χ2n) is 6.23. The molecule has 0 unspecified atom stereocenters. The highest BCUT2D eigenvalue weighted by Crippen LogP contribution is 2.31. The Labute approximate surface area is 153 Å². The summed E-state index contributed by atoms with van der Waals surface area (Å²) in [5.74, 6) is 0.461. The topological polar surface area (TPSA) is 87.2 Å². The van der Waals surface area contributed by atoms with Crippen LogP contribution in [-0.4, -0.2) is 74.5 Å². The molecule has 2 heterocycles. The van der Waals surface area contributed by atoms with Gasteiger partial charge in [-0.1, -0.05) is 12.1 Å². The highest BCUT2D eigenvalue weighted by Gasteiger charge is 2.29. The first-order valence-corrected chi connectivity index (χ1v) is 10.3. The number of carbonyl (C=O) groups excluding carboxylic acids is 2. The predicted octanol–water partition coefficient (Wildman–Crippen LogP) is 0.296. The molecule has 0 radical (unpaired) electrons. The van der Waals surface area contributed by atoms with E-state index in [2.05, 4.69) is 0 Å². The molecule has 2 amide bonds. The van der Waals surface area contributed by atoms with Gasteiger partial charge in [0.15, 0.2) is 6.61 Å². The Bertz CT molecular complexity index is 787. The van der Waals surface area contributed by atoms with Crippen molar-refractivity contribution in [2.45, 2.75) is 13.3 Å². The fraction of sp³-hybridized carbons (Fsp3) is 0.529. The third-order valence-electron chi connectivity index (χ3n) is 4.71. The van der Waals surface area contributed by atoms with Gasteiger partial charge in [0.2, 0.25) is 15.9 Å². The van der Waals surface area contributed by atoms with E-state index in [0.29, 0.717) is 37.6 Å². The third kappa shape index (κ3) is 3.83. The zero-order chi connectivity index (χ0) is 18.7. The molecule has 0 spiro atoms. The minimum Gasteiger partial charge on any atom is -0.482 e. The molecule has 2 aliphatic rings. The first kappa shape index (κ1) is 18.7. The van der Waals surface area contributed by atoms with Crippen LogP contribution in [0.25, 0.3) is 0 Å². The number of hydrogen-bond donors (Lipinski definition) is 0. The first-order valence-electron chi connectivity index (χ1n) is 8.70. The molecule has 1 aromatic rings. The van der Waals surface area contributed by atoms with Gasteiger partial charge in [0.1, 0.15) is 5.75 Å². The van der Waals surface area contributed by atoms with Crippen LogP contribution in [0.2, 0.25) is 0 Å². The van der Waals surface area contributed by atoms with E-state index in [9.17, 15) is 18.0 Å². The molecule has 2 aliphatic heterocycles. The van der Waals surface area contributed by atoms with Crippen LogP contribution in [0.1, 0.15) is 13.3 Å². The molecule has 1 aromatic carbocycles. The Hall–Kier alpha value is -2.13. The zero-order valence-corrected chi connectivity index (χ0v) is 15.6. The molecule has 0 atom stereocenters. The minimum absolute atomic E-state index is 0.0290. The summed E-state index contributed by atoms with van der Waals surface area (Å²) < 4.78 is 30.6. The second-order valence-corrected chi connectivity index (χ2v) is 8.49. The lowest BCUT2D eigenvalue weighted by atomic mass is 10.2. The molecule has 142 valence electrons. The van der Waals surface area contributed by atoms with E-state index in [4.69, 9.17) is 4.74 Å². The van der Waals surface area contributed by atoms with Crippen molar-refractivity contribution in [3.63, 3.8) is 0 Å².